The summed E-state index contributed by atoms with van der Waals surface area (Å²) in [7, 11) is 0. The van der Waals surface area contributed by atoms with Crippen LogP contribution in [0.3, 0.4) is 0 Å². The van der Waals surface area contributed by atoms with Gasteiger partial charge in [0.05, 0.1) is 25.3 Å². The van der Waals surface area contributed by atoms with Gasteiger partial charge in [-0.25, -0.2) is 4.79 Å². The van der Waals surface area contributed by atoms with Gasteiger partial charge in [-0.2, -0.15) is 0 Å². The average Bonchev–Trinajstić information content (AvgIpc) is 2.68. The smallest absolute Gasteiger partial charge is 0.326 e. The van der Waals surface area contributed by atoms with E-state index in [1.165, 1.54) is 0 Å². The van der Waals surface area contributed by atoms with Gasteiger partial charge in [0.1, 0.15) is 18.1 Å². The third-order valence-corrected chi connectivity index (χ3v) is 4.08. The normalized spacial score (nSPS) is 13.9. The summed E-state index contributed by atoms with van der Waals surface area (Å²) in [5.74, 6) is -10.2. The van der Waals surface area contributed by atoms with Crippen LogP contribution in [0.4, 0.5) is 0 Å². The highest BCUT2D eigenvalue weighted by Crippen LogP contribution is 2.03. The molecular weight excluding hydrogens is 464 g/mol. The van der Waals surface area contributed by atoms with Crippen LogP contribution in [-0.4, -0.2) is 86.9 Å². The van der Waals surface area contributed by atoms with E-state index in [1.54, 1.807) is 0 Å². The van der Waals surface area contributed by atoms with E-state index in [9.17, 15) is 38.4 Å². The third kappa shape index (κ3) is 11.9. The molecule has 4 unspecified atom stereocenters. The first kappa shape index (κ1) is 29.7. The summed E-state index contributed by atoms with van der Waals surface area (Å²) in [4.78, 5) is 92.2. The molecule has 0 bridgehead atoms. The predicted octanol–water partition coefficient (Wildman–Crippen LogP) is -5.06. The molecular formula is C17H26N6O11. The van der Waals surface area contributed by atoms with E-state index in [2.05, 4.69) is 0 Å². The Hall–Kier alpha value is -4.28. The molecule has 0 radical (unpaired) electrons. The maximum Gasteiger partial charge on any atom is 0.326 e. The molecule has 0 saturated heterocycles. The van der Waals surface area contributed by atoms with Crippen molar-refractivity contribution in [1.82, 2.24) is 16.0 Å². The monoisotopic (exact) mass is 490 g/mol. The SMILES string of the molecule is NC(=O)CCC(NC(=O)C(CC(=O)O)NC(=O)C(CC(N)=O)NC(=O)C(N)CC(=O)O)C(=O)O. The Kier molecular flexibility index (Phi) is 12.2. The lowest BCUT2D eigenvalue weighted by atomic mass is 10.1. The number of carbonyl (C=O) groups is 8. The number of rotatable bonds is 16. The second-order valence-electron chi connectivity index (χ2n) is 7.00. The predicted molar refractivity (Wildman–Crippen MR) is 108 cm³/mol. The van der Waals surface area contributed by atoms with E-state index >= 15 is 0 Å². The number of amides is 5. The molecule has 17 heteroatoms. The van der Waals surface area contributed by atoms with Gasteiger partial charge in [-0.1, -0.05) is 0 Å². The van der Waals surface area contributed by atoms with Crippen molar-refractivity contribution in [2.75, 3.05) is 0 Å². The number of nitrogens with one attached hydrogen (secondary N) is 3. The second kappa shape index (κ2) is 14.0. The molecule has 0 spiro atoms. The molecule has 17 nitrogen and oxygen atoms in total. The van der Waals surface area contributed by atoms with Crippen molar-refractivity contribution in [3.8, 4) is 0 Å². The average molecular weight is 490 g/mol. The van der Waals surface area contributed by atoms with Crippen molar-refractivity contribution in [1.29, 1.82) is 0 Å². The zero-order valence-electron chi connectivity index (χ0n) is 17.7. The van der Waals surface area contributed by atoms with Crippen LogP contribution in [0.2, 0.25) is 0 Å². The Morgan fingerprint density at radius 1 is 0.618 bits per heavy atom. The molecule has 12 N–H and O–H groups in total. The standard InChI is InChI=1S/C17H26N6O11/c18-6(3-12(26)27)14(30)22-8(4-11(20)25)15(31)23-9(5-13(28)29)16(32)21-7(17(33)34)1-2-10(19)24/h6-9H,1-5,18H2,(H2,19,24)(H2,20,25)(H,21,32)(H,22,30)(H,23,31)(H,26,27)(H,28,29)(H,33,34). The minimum absolute atomic E-state index is 0.420. The van der Waals surface area contributed by atoms with Crippen LogP contribution in [0, 0.1) is 0 Å². The summed E-state index contributed by atoms with van der Waals surface area (Å²) in [6.07, 6.45) is -3.52. The van der Waals surface area contributed by atoms with Crippen molar-refractivity contribution >= 4 is 47.4 Å². The summed E-state index contributed by atoms with van der Waals surface area (Å²) < 4.78 is 0. The summed E-state index contributed by atoms with van der Waals surface area (Å²) >= 11 is 0. The van der Waals surface area contributed by atoms with E-state index in [1.807, 2.05) is 16.0 Å². The van der Waals surface area contributed by atoms with E-state index in [0.717, 1.165) is 0 Å². The summed E-state index contributed by atoms with van der Waals surface area (Å²) in [6.45, 7) is 0. The molecule has 5 amide bonds. The maximum absolute atomic E-state index is 12.5. The first-order valence-corrected chi connectivity index (χ1v) is 9.53. The van der Waals surface area contributed by atoms with Crippen molar-refractivity contribution in [3.63, 3.8) is 0 Å². The highest BCUT2D eigenvalue weighted by Gasteiger charge is 2.32. The molecule has 190 valence electrons. The van der Waals surface area contributed by atoms with Gasteiger partial charge in [0.2, 0.25) is 29.5 Å². The Labute approximate surface area is 191 Å². The minimum atomic E-state index is -1.87. The minimum Gasteiger partial charge on any atom is -0.481 e. The second-order valence-corrected chi connectivity index (χ2v) is 7.00. The van der Waals surface area contributed by atoms with E-state index in [4.69, 9.17) is 32.5 Å². The van der Waals surface area contributed by atoms with Gasteiger partial charge in [-0.05, 0) is 6.42 Å². The molecule has 0 saturated carbocycles. The van der Waals surface area contributed by atoms with E-state index < -0.39 is 104 Å². The van der Waals surface area contributed by atoms with E-state index in [-0.39, 0.29) is 0 Å². The van der Waals surface area contributed by atoms with Crippen LogP contribution in [0.15, 0.2) is 0 Å². The molecule has 0 aliphatic rings. The lowest BCUT2D eigenvalue weighted by Gasteiger charge is -2.24. The van der Waals surface area contributed by atoms with Gasteiger partial charge in [0.15, 0.2) is 0 Å². The molecule has 0 aromatic heterocycles. The lowest BCUT2D eigenvalue weighted by Crippen LogP contribution is -2.58. The van der Waals surface area contributed by atoms with Crippen LogP contribution in [0.1, 0.15) is 32.1 Å². The maximum atomic E-state index is 12.5. The number of primary amides is 2. The molecule has 4 atom stereocenters. The molecule has 0 rings (SSSR count). The van der Waals surface area contributed by atoms with Gasteiger partial charge in [0, 0.05) is 6.42 Å². The van der Waals surface area contributed by atoms with Gasteiger partial charge in [-0.3, -0.25) is 33.6 Å². The molecule has 0 aliphatic heterocycles. The van der Waals surface area contributed by atoms with Gasteiger partial charge in [-0.15, -0.1) is 0 Å². The Morgan fingerprint density at radius 3 is 1.47 bits per heavy atom. The van der Waals surface area contributed by atoms with Crippen molar-refractivity contribution in [2.24, 2.45) is 17.2 Å². The largest absolute Gasteiger partial charge is 0.481 e. The van der Waals surface area contributed by atoms with Crippen molar-refractivity contribution in [2.45, 2.75) is 56.3 Å². The lowest BCUT2D eigenvalue weighted by molar-refractivity contribution is -0.144. The quantitative estimate of drug-likeness (QED) is 0.0981. The zero-order chi connectivity index (χ0) is 26.6. The number of hydrogen-bond donors (Lipinski definition) is 9. The number of carboxylic acids is 3. The van der Waals surface area contributed by atoms with Gasteiger partial charge < -0.3 is 48.5 Å². The van der Waals surface area contributed by atoms with E-state index in [0.29, 0.717) is 0 Å². The van der Waals surface area contributed by atoms with Gasteiger partial charge in [0.25, 0.3) is 0 Å². The molecule has 0 aromatic carbocycles. The third-order valence-electron chi connectivity index (χ3n) is 4.08. The zero-order valence-corrected chi connectivity index (χ0v) is 17.7. The van der Waals surface area contributed by atoms with Crippen LogP contribution >= 0.6 is 0 Å². The summed E-state index contributed by atoms with van der Waals surface area (Å²) in [5, 5.41) is 32.8. The van der Waals surface area contributed by atoms with Crippen molar-refractivity contribution in [3.05, 3.63) is 0 Å². The molecule has 34 heavy (non-hydrogen) atoms. The fourth-order valence-corrected chi connectivity index (χ4v) is 2.44. The van der Waals surface area contributed by atoms with Gasteiger partial charge >= 0.3 is 17.9 Å². The molecule has 0 aromatic rings. The Bertz CT molecular complexity index is 846. The number of hydrogen-bond acceptors (Lipinski definition) is 9. The highest BCUT2D eigenvalue weighted by atomic mass is 16.4. The van der Waals surface area contributed by atoms with Crippen LogP contribution in [0.5, 0.6) is 0 Å². The Morgan fingerprint density at radius 2 is 1.06 bits per heavy atom. The molecule has 0 fully saturated rings. The fourth-order valence-electron chi connectivity index (χ4n) is 2.44. The van der Waals surface area contributed by atoms with Crippen LogP contribution < -0.4 is 33.2 Å². The first-order chi connectivity index (χ1) is 15.6. The first-order valence-electron chi connectivity index (χ1n) is 9.53. The number of nitrogens with two attached hydrogens (primary N) is 3. The number of carboxylic acid groups (broad SMARTS) is 3. The summed E-state index contributed by atoms with van der Waals surface area (Å²) in [5.41, 5.74) is 15.3. The Balaban J connectivity index is 5.56. The topological polar surface area (TPSA) is 311 Å². The van der Waals surface area contributed by atoms with Crippen molar-refractivity contribution < 1.29 is 53.7 Å². The summed E-state index contributed by atoms with van der Waals surface area (Å²) in [6, 6.07) is -6.90. The molecule has 0 aliphatic carbocycles. The highest BCUT2D eigenvalue weighted by molar-refractivity contribution is 5.97. The fraction of sp³-hybridized carbons (Fsp3) is 0.529. The number of aliphatic carboxylic acids is 3. The van der Waals surface area contributed by atoms with Crippen LogP contribution in [-0.2, 0) is 38.4 Å². The van der Waals surface area contributed by atoms with Crippen LogP contribution in [0.25, 0.3) is 0 Å². The molecule has 0 heterocycles. The number of carbonyl (C=O) groups excluding carboxylic acids is 5.